The van der Waals surface area contributed by atoms with Crippen LogP contribution in [0.15, 0.2) is 24.7 Å². The molecule has 18 heavy (non-hydrogen) atoms. The highest BCUT2D eigenvalue weighted by atomic mass is 15.1. The van der Waals surface area contributed by atoms with E-state index in [1.165, 1.54) is 0 Å². The van der Waals surface area contributed by atoms with Crippen LogP contribution in [0.1, 0.15) is 13.8 Å². The van der Waals surface area contributed by atoms with Gasteiger partial charge in [-0.15, -0.1) is 0 Å². The van der Waals surface area contributed by atoms with Crippen LogP contribution in [-0.4, -0.2) is 19.5 Å². The van der Waals surface area contributed by atoms with Crippen molar-refractivity contribution in [3.63, 3.8) is 0 Å². The van der Waals surface area contributed by atoms with Gasteiger partial charge in [-0.05, 0) is 18.1 Å². The number of anilines is 1. The lowest BCUT2D eigenvalue weighted by Crippen LogP contribution is -2.05. The third-order valence-electron chi connectivity index (χ3n) is 2.90. The number of nitrogen functional groups attached to an aromatic ring is 1. The number of rotatable bonds is 2. The molecular formula is C13H15N5. The molecule has 0 atom stereocenters. The molecule has 5 nitrogen and oxygen atoms in total. The third kappa shape index (κ3) is 1.59. The number of fused-ring (bicyclic) bond motifs is 2. The molecule has 5 heteroatoms. The molecule has 92 valence electrons. The smallest absolute Gasteiger partial charge is 0.180 e. The van der Waals surface area contributed by atoms with Gasteiger partial charge >= 0.3 is 0 Å². The van der Waals surface area contributed by atoms with Crippen LogP contribution in [0.4, 0.5) is 5.69 Å². The molecule has 0 aliphatic heterocycles. The van der Waals surface area contributed by atoms with Gasteiger partial charge in [0.15, 0.2) is 5.65 Å². The Morgan fingerprint density at radius 3 is 2.94 bits per heavy atom. The summed E-state index contributed by atoms with van der Waals surface area (Å²) in [5, 5.41) is 0. The molecule has 0 radical (unpaired) electrons. The first-order valence-electron chi connectivity index (χ1n) is 6.02. The average Bonchev–Trinajstić information content (AvgIpc) is 2.72. The molecule has 2 N–H and O–H groups in total. The highest BCUT2D eigenvalue weighted by molar-refractivity contribution is 6.01. The van der Waals surface area contributed by atoms with Gasteiger partial charge in [0.25, 0.3) is 0 Å². The Kier molecular flexibility index (Phi) is 2.40. The van der Waals surface area contributed by atoms with Crippen molar-refractivity contribution in [2.45, 2.75) is 20.4 Å². The van der Waals surface area contributed by atoms with Crippen molar-refractivity contribution in [3.8, 4) is 0 Å². The van der Waals surface area contributed by atoms with E-state index in [0.29, 0.717) is 17.3 Å². The van der Waals surface area contributed by atoms with Gasteiger partial charge in [0.2, 0.25) is 0 Å². The summed E-state index contributed by atoms with van der Waals surface area (Å²) in [5.74, 6) is 0.529. The van der Waals surface area contributed by atoms with Gasteiger partial charge < -0.3 is 10.3 Å². The van der Waals surface area contributed by atoms with E-state index in [9.17, 15) is 0 Å². The summed E-state index contributed by atoms with van der Waals surface area (Å²) >= 11 is 0. The third-order valence-corrected chi connectivity index (χ3v) is 2.90. The summed E-state index contributed by atoms with van der Waals surface area (Å²) < 4.78 is 2.05. The van der Waals surface area contributed by atoms with Gasteiger partial charge in [-0.3, -0.25) is 4.98 Å². The zero-order valence-corrected chi connectivity index (χ0v) is 10.5. The number of hydrogen-bond donors (Lipinski definition) is 1. The molecule has 0 aliphatic rings. The highest BCUT2D eigenvalue weighted by Gasteiger charge is 2.13. The standard InChI is InChI=1S/C13H15N5/c1-8(2)6-18-7-16-13-12(18)10(14)11-9(17-13)4-3-5-15-11/h3-5,7-8H,6H2,1-2H3,(H2,14,17). The Hall–Kier alpha value is -2.17. The van der Waals surface area contributed by atoms with Crippen molar-refractivity contribution in [3.05, 3.63) is 24.7 Å². The summed E-state index contributed by atoms with van der Waals surface area (Å²) in [7, 11) is 0. The van der Waals surface area contributed by atoms with E-state index in [1.807, 2.05) is 12.1 Å². The van der Waals surface area contributed by atoms with Crippen LogP contribution in [0.3, 0.4) is 0 Å². The van der Waals surface area contributed by atoms with Gasteiger partial charge in [0.1, 0.15) is 11.0 Å². The van der Waals surface area contributed by atoms with Crippen molar-refractivity contribution in [1.29, 1.82) is 0 Å². The molecule has 0 bridgehead atoms. The fourth-order valence-corrected chi connectivity index (χ4v) is 2.18. The summed E-state index contributed by atoms with van der Waals surface area (Å²) in [6, 6.07) is 3.76. The van der Waals surface area contributed by atoms with Crippen LogP contribution in [0, 0.1) is 5.92 Å². The monoisotopic (exact) mass is 241 g/mol. The number of nitrogens with zero attached hydrogens (tertiary/aromatic N) is 4. The zero-order valence-electron chi connectivity index (χ0n) is 10.5. The Bertz CT molecular complexity index is 714. The molecule has 3 aromatic rings. The summed E-state index contributed by atoms with van der Waals surface area (Å²) in [6.45, 7) is 5.20. The largest absolute Gasteiger partial charge is 0.395 e. The molecule has 3 heterocycles. The molecule has 3 rings (SSSR count). The fourth-order valence-electron chi connectivity index (χ4n) is 2.18. The van der Waals surface area contributed by atoms with Crippen LogP contribution in [0.5, 0.6) is 0 Å². The number of hydrogen-bond acceptors (Lipinski definition) is 4. The molecule has 0 unspecified atom stereocenters. The van der Waals surface area contributed by atoms with Crippen molar-refractivity contribution < 1.29 is 0 Å². The van der Waals surface area contributed by atoms with E-state index in [1.54, 1.807) is 12.5 Å². The second-order valence-electron chi connectivity index (χ2n) is 4.86. The maximum absolute atomic E-state index is 6.21. The lowest BCUT2D eigenvalue weighted by Gasteiger charge is -2.09. The van der Waals surface area contributed by atoms with Gasteiger partial charge in [-0.25, -0.2) is 9.97 Å². The van der Waals surface area contributed by atoms with Crippen LogP contribution in [0.25, 0.3) is 22.2 Å². The molecule has 0 fully saturated rings. The number of aromatic nitrogens is 4. The van der Waals surface area contributed by atoms with Crippen LogP contribution in [-0.2, 0) is 6.54 Å². The summed E-state index contributed by atoms with van der Waals surface area (Å²) in [4.78, 5) is 13.1. The lowest BCUT2D eigenvalue weighted by atomic mass is 10.2. The molecule has 3 aromatic heterocycles. The summed E-state index contributed by atoms with van der Waals surface area (Å²) in [5.41, 5.74) is 9.98. The Balaban J connectivity index is 2.34. The van der Waals surface area contributed by atoms with E-state index in [4.69, 9.17) is 5.73 Å². The van der Waals surface area contributed by atoms with E-state index in [0.717, 1.165) is 23.1 Å². The zero-order chi connectivity index (χ0) is 12.7. The molecule has 0 aromatic carbocycles. The minimum absolute atomic E-state index is 0.529. The minimum atomic E-state index is 0.529. The number of nitrogens with two attached hydrogens (primary N) is 1. The van der Waals surface area contributed by atoms with Crippen LogP contribution >= 0.6 is 0 Å². The van der Waals surface area contributed by atoms with Gasteiger partial charge in [-0.2, -0.15) is 0 Å². The molecule has 0 saturated carbocycles. The van der Waals surface area contributed by atoms with Crippen molar-refractivity contribution in [2.24, 2.45) is 5.92 Å². The van der Waals surface area contributed by atoms with E-state index < -0.39 is 0 Å². The molecule has 0 amide bonds. The fraction of sp³-hybridized carbons (Fsp3) is 0.308. The second-order valence-corrected chi connectivity index (χ2v) is 4.86. The highest BCUT2D eigenvalue weighted by Crippen LogP contribution is 2.26. The Morgan fingerprint density at radius 2 is 2.17 bits per heavy atom. The number of imidazole rings is 1. The summed E-state index contributed by atoms with van der Waals surface area (Å²) in [6.07, 6.45) is 3.53. The average molecular weight is 241 g/mol. The Morgan fingerprint density at radius 1 is 1.33 bits per heavy atom. The van der Waals surface area contributed by atoms with Crippen molar-refractivity contribution in [2.75, 3.05) is 5.73 Å². The van der Waals surface area contributed by atoms with Gasteiger partial charge in [-0.1, -0.05) is 13.8 Å². The van der Waals surface area contributed by atoms with Crippen LogP contribution < -0.4 is 5.73 Å². The van der Waals surface area contributed by atoms with E-state index >= 15 is 0 Å². The SMILES string of the molecule is CC(C)Cn1cnc2nc3cccnc3c(N)c21. The Labute approximate surface area is 105 Å². The van der Waals surface area contributed by atoms with E-state index in [-0.39, 0.29) is 0 Å². The first-order chi connectivity index (χ1) is 8.66. The maximum atomic E-state index is 6.21. The van der Waals surface area contributed by atoms with Crippen molar-refractivity contribution in [1.82, 2.24) is 19.5 Å². The first kappa shape index (κ1) is 11.0. The molecule has 0 aliphatic carbocycles. The maximum Gasteiger partial charge on any atom is 0.180 e. The second kappa shape index (κ2) is 3.94. The first-order valence-corrected chi connectivity index (χ1v) is 6.02. The van der Waals surface area contributed by atoms with Crippen LogP contribution in [0.2, 0.25) is 0 Å². The number of pyridine rings is 2. The predicted molar refractivity (Wildman–Crippen MR) is 72.1 cm³/mol. The van der Waals surface area contributed by atoms with Crippen molar-refractivity contribution >= 4 is 27.9 Å². The topological polar surface area (TPSA) is 69.6 Å². The molecule has 0 saturated heterocycles. The molecular weight excluding hydrogens is 226 g/mol. The predicted octanol–water partition coefficient (Wildman–Crippen LogP) is 2.22. The normalized spacial score (nSPS) is 11.7. The quantitative estimate of drug-likeness (QED) is 0.746. The van der Waals surface area contributed by atoms with E-state index in [2.05, 4.69) is 33.4 Å². The van der Waals surface area contributed by atoms with Gasteiger partial charge in [0, 0.05) is 12.7 Å². The minimum Gasteiger partial charge on any atom is -0.395 e. The van der Waals surface area contributed by atoms with Gasteiger partial charge in [0.05, 0.1) is 17.5 Å². The lowest BCUT2D eigenvalue weighted by molar-refractivity contribution is 0.533. The molecule has 0 spiro atoms.